The average Bonchev–Trinajstić information content (AvgIpc) is 3.18. The van der Waals surface area contributed by atoms with Gasteiger partial charge in [-0.2, -0.15) is 0 Å². The van der Waals surface area contributed by atoms with Gasteiger partial charge in [0.2, 0.25) is 5.96 Å². The molecule has 3 aromatic rings. The van der Waals surface area contributed by atoms with Gasteiger partial charge in [-0.25, -0.2) is 9.98 Å². The number of para-hydroxylation sites is 1. The lowest BCUT2D eigenvalue weighted by Gasteiger charge is -2.27. The lowest BCUT2D eigenvalue weighted by Crippen LogP contribution is -2.35. The molecule has 2 aromatic heterocycles. The predicted molar refractivity (Wildman–Crippen MR) is 114 cm³/mol. The molecule has 5 nitrogen and oxygen atoms in total. The Balaban J connectivity index is 1.79. The van der Waals surface area contributed by atoms with Crippen LogP contribution in [0, 0.1) is 12.8 Å². The second-order valence-corrected chi connectivity index (χ2v) is 8.22. The van der Waals surface area contributed by atoms with Crippen molar-refractivity contribution in [3.8, 4) is 0 Å². The fourth-order valence-electron chi connectivity index (χ4n) is 3.74. The van der Waals surface area contributed by atoms with Crippen LogP contribution in [0.25, 0.3) is 10.9 Å². The van der Waals surface area contributed by atoms with Crippen molar-refractivity contribution in [1.29, 1.82) is 0 Å². The number of benzene rings is 1. The Kier molecular flexibility index (Phi) is 5.07. The standard InChI is InChI=1S/C21H25N5S/c1-14-7-9-16(10-8-14)25-20(22)26(21-23-11-12-27-21)19-13-15(2)24-18-6-4-3-5-17(18)19/h3-6,11-14,16H,7-10H2,1-2H3,(H2,22,25). The Hall–Kier alpha value is -2.47. The first-order valence-corrected chi connectivity index (χ1v) is 10.4. The van der Waals surface area contributed by atoms with Crippen molar-refractivity contribution in [1.82, 2.24) is 9.97 Å². The molecule has 0 unspecified atom stereocenters. The molecule has 140 valence electrons. The van der Waals surface area contributed by atoms with Gasteiger partial charge in [-0.05, 0) is 50.7 Å². The zero-order valence-electron chi connectivity index (χ0n) is 15.8. The number of guanidine groups is 1. The van der Waals surface area contributed by atoms with Crippen LogP contribution in [0.5, 0.6) is 0 Å². The summed E-state index contributed by atoms with van der Waals surface area (Å²) in [7, 11) is 0. The number of hydrogen-bond donors (Lipinski definition) is 1. The molecule has 0 saturated heterocycles. The van der Waals surface area contributed by atoms with E-state index in [0.29, 0.717) is 5.96 Å². The number of anilines is 2. The highest BCUT2D eigenvalue weighted by Gasteiger charge is 2.23. The summed E-state index contributed by atoms with van der Waals surface area (Å²) in [6, 6.07) is 10.5. The summed E-state index contributed by atoms with van der Waals surface area (Å²) >= 11 is 1.56. The molecule has 4 rings (SSSR count). The third kappa shape index (κ3) is 3.81. The fraction of sp³-hybridized carbons (Fsp3) is 0.381. The van der Waals surface area contributed by atoms with E-state index in [1.165, 1.54) is 12.8 Å². The summed E-state index contributed by atoms with van der Waals surface area (Å²) in [5, 5.41) is 3.85. The molecule has 0 amide bonds. The van der Waals surface area contributed by atoms with Crippen LogP contribution in [0.1, 0.15) is 38.3 Å². The van der Waals surface area contributed by atoms with Gasteiger partial charge in [0, 0.05) is 22.7 Å². The predicted octanol–water partition coefficient (Wildman–Crippen LogP) is 5.03. The summed E-state index contributed by atoms with van der Waals surface area (Å²) in [6.45, 7) is 4.32. The molecule has 6 heteroatoms. The van der Waals surface area contributed by atoms with Crippen LogP contribution in [-0.4, -0.2) is 22.0 Å². The number of thiazole rings is 1. The molecular weight excluding hydrogens is 354 g/mol. The number of rotatable bonds is 3. The SMILES string of the molecule is Cc1cc(N(C(N)=NC2CCC(C)CC2)c2nccs2)c2ccccc2n1. The third-order valence-electron chi connectivity index (χ3n) is 5.20. The van der Waals surface area contributed by atoms with Crippen LogP contribution in [0.3, 0.4) is 0 Å². The Labute approximate surface area is 164 Å². The normalized spacial score (nSPS) is 20.7. The quantitative estimate of drug-likeness (QED) is 0.512. The van der Waals surface area contributed by atoms with E-state index in [1.807, 2.05) is 35.4 Å². The topological polar surface area (TPSA) is 67.4 Å². The van der Waals surface area contributed by atoms with Crippen molar-refractivity contribution >= 4 is 39.0 Å². The number of aryl methyl sites for hydroxylation is 1. The lowest BCUT2D eigenvalue weighted by atomic mass is 9.88. The molecule has 1 fully saturated rings. The van der Waals surface area contributed by atoms with Crippen LogP contribution in [-0.2, 0) is 0 Å². The summed E-state index contributed by atoms with van der Waals surface area (Å²) in [5.74, 6) is 1.31. The zero-order chi connectivity index (χ0) is 18.8. The van der Waals surface area contributed by atoms with Crippen LogP contribution < -0.4 is 10.6 Å². The maximum absolute atomic E-state index is 6.57. The van der Waals surface area contributed by atoms with Gasteiger partial charge in [-0.3, -0.25) is 9.88 Å². The number of aliphatic imine (C=N–C) groups is 1. The molecule has 1 aliphatic rings. The Morgan fingerprint density at radius 2 is 2.00 bits per heavy atom. The van der Waals surface area contributed by atoms with Gasteiger partial charge < -0.3 is 5.73 Å². The molecule has 0 bridgehead atoms. The maximum atomic E-state index is 6.57. The monoisotopic (exact) mass is 379 g/mol. The van der Waals surface area contributed by atoms with Crippen molar-refractivity contribution in [2.75, 3.05) is 4.90 Å². The van der Waals surface area contributed by atoms with E-state index in [9.17, 15) is 0 Å². The van der Waals surface area contributed by atoms with Crippen molar-refractivity contribution in [2.45, 2.75) is 45.6 Å². The van der Waals surface area contributed by atoms with Gasteiger partial charge in [0.15, 0.2) is 5.13 Å². The number of aromatic nitrogens is 2. The van der Waals surface area contributed by atoms with Crippen molar-refractivity contribution in [3.05, 3.63) is 47.6 Å². The zero-order valence-corrected chi connectivity index (χ0v) is 16.6. The first-order valence-electron chi connectivity index (χ1n) is 9.51. The van der Waals surface area contributed by atoms with Gasteiger partial charge in [0.05, 0.1) is 17.2 Å². The number of pyridine rings is 1. The van der Waals surface area contributed by atoms with Gasteiger partial charge in [-0.1, -0.05) is 25.1 Å². The first kappa shape index (κ1) is 17.9. The molecular formula is C21H25N5S. The van der Waals surface area contributed by atoms with E-state index in [0.717, 1.165) is 46.2 Å². The number of fused-ring (bicyclic) bond motifs is 1. The number of nitrogens with zero attached hydrogens (tertiary/aromatic N) is 4. The van der Waals surface area contributed by atoms with E-state index >= 15 is 0 Å². The van der Waals surface area contributed by atoms with E-state index < -0.39 is 0 Å². The Morgan fingerprint density at radius 3 is 2.74 bits per heavy atom. The van der Waals surface area contributed by atoms with E-state index in [2.05, 4.69) is 29.0 Å². The van der Waals surface area contributed by atoms with Crippen LogP contribution in [0.4, 0.5) is 10.8 Å². The van der Waals surface area contributed by atoms with E-state index in [1.54, 1.807) is 17.5 Å². The fourth-order valence-corrected chi connectivity index (χ4v) is 4.40. The largest absolute Gasteiger partial charge is 0.369 e. The van der Waals surface area contributed by atoms with Crippen LogP contribution in [0.15, 0.2) is 46.9 Å². The summed E-state index contributed by atoms with van der Waals surface area (Å²) < 4.78 is 0. The number of hydrogen-bond acceptors (Lipinski definition) is 4. The van der Waals surface area contributed by atoms with E-state index in [4.69, 9.17) is 10.7 Å². The molecule has 0 aliphatic heterocycles. The van der Waals surface area contributed by atoms with Crippen molar-refractivity contribution < 1.29 is 0 Å². The second kappa shape index (κ2) is 7.64. The third-order valence-corrected chi connectivity index (χ3v) is 5.96. The number of nitrogens with two attached hydrogens (primary N) is 1. The average molecular weight is 380 g/mol. The highest BCUT2D eigenvalue weighted by molar-refractivity contribution is 7.13. The Morgan fingerprint density at radius 1 is 1.22 bits per heavy atom. The van der Waals surface area contributed by atoms with Crippen molar-refractivity contribution in [2.24, 2.45) is 16.6 Å². The molecule has 0 atom stereocenters. The molecule has 1 saturated carbocycles. The van der Waals surface area contributed by atoms with Gasteiger partial charge >= 0.3 is 0 Å². The highest BCUT2D eigenvalue weighted by Crippen LogP contribution is 2.34. The van der Waals surface area contributed by atoms with Gasteiger partial charge in [0.25, 0.3) is 0 Å². The molecule has 1 aromatic carbocycles. The molecule has 0 spiro atoms. The van der Waals surface area contributed by atoms with Crippen LogP contribution in [0.2, 0.25) is 0 Å². The van der Waals surface area contributed by atoms with Gasteiger partial charge in [-0.15, -0.1) is 11.3 Å². The molecule has 27 heavy (non-hydrogen) atoms. The van der Waals surface area contributed by atoms with Gasteiger partial charge in [0.1, 0.15) is 0 Å². The van der Waals surface area contributed by atoms with Crippen LogP contribution >= 0.6 is 11.3 Å². The first-order chi connectivity index (χ1) is 13.1. The minimum atomic E-state index is 0.290. The molecule has 2 heterocycles. The second-order valence-electron chi connectivity index (χ2n) is 7.35. The van der Waals surface area contributed by atoms with Crippen molar-refractivity contribution in [3.63, 3.8) is 0 Å². The maximum Gasteiger partial charge on any atom is 0.202 e. The summed E-state index contributed by atoms with van der Waals surface area (Å²) in [4.78, 5) is 16.1. The summed E-state index contributed by atoms with van der Waals surface area (Å²) in [6.07, 6.45) is 6.44. The summed E-state index contributed by atoms with van der Waals surface area (Å²) in [5.41, 5.74) is 9.46. The van der Waals surface area contributed by atoms with E-state index in [-0.39, 0.29) is 6.04 Å². The Bertz CT molecular complexity index is 942. The molecule has 0 radical (unpaired) electrons. The minimum Gasteiger partial charge on any atom is -0.369 e. The molecule has 1 aliphatic carbocycles. The highest BCUT2D eigenvalue weighted by atomic mass is 32.1. The minimum absolute atomic E-state index is 0.290. The lowest BCUT2D eigenvalue weighted by molar-refractivity contribution is 0.349. The molecule has 2 N–H and O–H groups in total. The smallest absolute Gasteiger partial charge is 0.202 e.